The third-order valence-corrected chi connectivity index (χ3v) is 13.2. The van der Waals surface area contributed by atoms with Gasteiger partial charge in [-0.25, -0.2) is 0 Å². The third kappa shape index (κ3) is 4.83. The van der Waals surface area contributed by atoms with Crippen LogP contribution in [0.15, 0.2) is 176 Å². The largest absolute Gasteiger partial charge is 0.343 e. The van der Waals surface area contributed by atoms with Crippen LogP contribution >= 0.6 is 0 Å². The molecular formula is C55H44N2. The molecule has 2 nitrogen and oxygen atoms in total. The highest BCUT2D eigenvalue weighted by atomic mass is 15.1. The first kappa shape index (κ1) is 33.7. The number of rotatable bonds is 5. The van der Waals surface area contributed by atoms with Gasteiger partial charge in [-0.3, -0.25) is 0 Å². The summed E-state index contributed by atoms with van der Waals surface area (Å²) in [4.78, 5) is 2.49. The monoisotopic (exact) mass is 732 g/mol. The Bertz CT molecular complexity index is 2960. The van der Waals surface area contributed by atoms with Crippen molar-refractivity contribution in [2.75, 3.05) is 4.90 Å². The fraction of sp³-hybridized carbons (Fsp3) is 0.127. The van der Waals surface area contributed by atoms with Gasteiger partial charge in [-0.15, -0.1) is 0 Å². The molecule has 0 aliphatic heterocycles. The molecule has 0 radical (unpaired) electrons. The summed E-state index contributed by atoms with van der Waals surface area (Å²) in [5.41, 5.74) is 20.3. The minimum absolute atomic E-state index is 0.109. The smallest absolute Gasteiger partial charge is 0.0568 e. The van der Waals surface area contributed by atoms with Crippen LogP contribution in [0.4, 0.5) is 17.1 Å². The molecule has 0 N–H and O–H groups in total. The van der Waals surface area contributed by atoms with Crippen LogP contribution in [0.3, 0.4) is 0 Å². The second-order valence-corrected chi connectivity index (χ2v) is 17.0. The topological polar surface area (TPSA) is 8.17 Å². The number of aromatic nitrogens is 1. The van der Waals surface area contributed by atoms with Crippen molar-refractivity contribution in [1.82, 2.24) is 4.57 Å². The molecule has 0 unspecified atom stereocenters. The fourth-order valence-corrected chi connectivity index (χ4v) is 10.3. The van der Waals surface area contributed by atoms with Gasteiger partial charge in [0.25, 0.3) is 0 Å². The van der Waals surface area contributed by atoms with Crippen LogP contribution in [0.5, 0.6) is 0 Å². The van der Waals surface area contributed by atoms with Crippen molar-refractivity contribution in [3.63, 3.8) is 0 Å². The minimum atomic E-state index is -0.109. The Hall–Kier alpha value is -6.64. The number of hydrogen-bond acceptors (Lipinski definition) is 1. The van der Waals surface area contributed by atoms with E-state index in [1.165, 1.54) is 99.9 Å². The van der Waals surface area contributed by atoms with Gasteiger partial charge in [-0.2, -0.15) is 0 Å². The number of benzene rings is 8. The minimum Gasteiger partial charge on any atom is -0.343 e. The Morgan fingerprint density at radius 3 is 1.47 bits per heavy atom. The van der Waals surface area contributed by atoms with Crippen LogP contribution in [0.25, 0.3) is 66.3 Å². The third-order valence-electron chi connectivity index (χ3n) is 13.2. The molecule has 57 heavy (non-hydrogen) atoms. The van der Waals surface area contributed by atoms with Gasteiger partial charge >= 0.3 is 0 Å². The number of fused-ring (bicyclic) bond motifs is 9. The van der Waals surface area contributed by atoms with Crippen LogP contribution in [0, 0.1) is 0 Å². The molecular weight excluding hydrogens is 689 g/mol. The van der Waals surface area contributed by atoms with E-state index in [0.717, 1.165) is 5.69 Å². The Balaban J connectivity index is 1.14. The lowest BCUT2D eigenvalue weighted by Gasteiger charge is -2.30. The van der Waals surface area contributed by atoms with Gasteiger partial charge < -0.3 is 9.47 Å². The van der Waals surface area contributed by atoms with Crippen LogP contribution < -0.4 is 4.90 Å². The Kier molecular flexibility index (Phi) is 7.20. The molecule has 1 aromatic heterocycles. The maximum absolute atomic E-state index is 2.49. The van der Waals surface area contributed by atoms with E-state index in [4.69, 9.17) is 0 Å². The number of nitrogens with zero attached hydrogens (tertiary/aromatic N) is 2. The quantitative estimate of drug-likeness (QED) is 0.171. The Labute approximate surface area is 335 Å². The average molecular weight is 733 g/mol. The van der Waals surface area contributed by atoms with E-state index < -0.39 is 0 Å². The van der Waals surface area contributed by atoms with E-state index in [0.29, 0.717) is 0 Å². The van der Waals surface area contributed by atoms with Gasteiger partial charge in [-0.1, -0.05) is 161 Å². The van der Waals surface area contributed by atoms with Gasteiger partial charge in [0.05, 0.1) is 5.69 Å². The molecule has 2 aliphatic carbocycles. The molecule has 0 saturated carbocycles. The summed E-state index contributed by atoms with van der Waals surface area (Å²) in [5.74, 6) is 0. The molecule has 0 bridgehead atoms. The number of anilines is 3. The summed E-state index contributed by atoms with van der Waals surface area (Å²) >= 11 is 0. The summed E-state index contributed by atoms with van der Waals surface area (Å²) in [6.45, 7) is 9.48. The molecule has 274 valence electrons. The maximum Gasteiger partial charge on any atom is 0.0568 e. The molecule has 0 amide bonds. The van der Waals surface area contributed by atoms with Crippen LogP contribution in [-0.2, 0) is 17.9 Å². The summed E-state index contributed by atoms with van der Waals surface area (Å²) < 4.78 is 2.38. The average Bonchev–Trinajstić information content (AvgIpc) is 3.77. The van der Waals surface area contributed by atoms with Crippen LogP contribution in [-0.4, -0.2) is 4.57 Å². The zero-order chi connectivity index (χ0) is 38.6. The van der Waals surface area contributed by atoms with E-state index in [-0.39, 0.29) is 10.8 Å². The van der Waals surface area contributed by atoms with Gasteiger partial charge in [0.15, 0.2) is 0 Å². The van der Waals surface area contributed by atoms with Gasteiger partial charge in [0.2, 0.25) is 0 Å². The molecule has 2 heteroatoms. The second-order valence-electron chi connectivity index (χ2n) is 17.0. The van der Waals surface area contributed by atoms with Crippen molar-refractivity contribution < 1.29 is 0 Å². The molecule has 2 aliphatic rings. The predicted molar refractivity (Wildman–Crippen MR) is 241 cm³/mol. The van der Waals surface area contributed by atoms with Gasteiger partial charge in [0, 0.05) is 51.4 Å². The number of hydrogen-bond donors (Lipinski definition) is 0. The molecule has 0 saturated heterocycles. The van der Waals surface area contributed by atoms with Crippen molar-refractivity contribution in [3.05, 3.63) is 198 Å². The second kappa shape index (κ2) is 12.2. The molecule has 0 fully saturated rings. The van der Waals surface area contributed by atoms with E-state index in [1.807, 2.05) is 0 Å². The van der Waals surface area contributed by atoms with Crippen LogP contribution in [0.1, 0.15) is 49.9 Å². The summed E-state index contributed by atoms with van der Waals surface area (Å²) in [6, 6.07) is 65.6. The molecule has 11 rings (SSSR count). The Morgan fingerprint density at radius 2 is 0.895 bits per heavy atom. The SMILES string of the molecule is Cn1c(-c2ccccc2)c(-c2ccccc2)c2c3ccc(N(c4ccc5c(c4)C(C)(C)c4ccccc4-5)c4ccc5c(c4)C(C)(C)c4ccccc4-5)cc3ccc21. The lowest BCUT2D eigenvalue weighted by atomic mass is 9.82. The summed E-state index contributed by atoms with van der Waals surface area (Å²) in [7, 11) is 2.21. The first-order valence-electron chi connectivity index (χ1n) is 20.2. The van der Waals surface area contributed by atoms with Crippen molar-refractivity contribution in [2.45, 2.75) is 38.5 Å². The zero-order valence-electron chi connectivity index (χ0n) is 33.1. The van der Waals surface area contributed by atoms with E-state index >= 15 is 0 Å². The molecule has 9 aromatic rings. The number of aryl methyl sites for hydroxylation is 1. The highest BCUT2D eigenvalue weighted by Crippen LogP contribution is 2.53. The highest BCUT2D eigenvalue weighted by molar-refractivity contribution is 6.18. The first-order valence-corrected chi connectivity index (χ1v) is 20.2. The zero-order valence-corrected chi connectivity index (χ0v) is 33.1. The standard InChI is InChI=1S/C55H44N2/c1-54(2)46-22-14-12-20-42(46)44-29-26-39(33-48(44)54)57(40-27-30-45-43-21-13-15-23-47(43)55(3,4)49(45)34-40)38-25-28-41-37(32-38)24-31-50-52(41)51(35-16-8-6-9-17-35)53(56(50)5)36-18-10-7-11-19-36/h6-34H,1-5H3. The molecule has 0 atom stereocenters. The lowest BCUT2D eigenvalue weighted by molar-refractivity contribution is 0.660. The van der Waals surface area contributed by atoms with Gasteiger partial charge in [0.1, 0.15) is 0 Å². The van der Waals surface area contributed by atoms with Crippen molar-refractivity contribution >= 4 is 38.7 Å². The van der Waals surface area contributed by atoms with Gasteiger partial charge in [-0.05, 0) is 109 Å². The van der Waals surface area contributed by atoms with E-state index in [1.54, 1.807) is 0 Å². The predicted octanol–water partition coefficient (Wildman–Crippen LogP) is 14.7. The normalized spacial score (nSPS) is 14.3. The molecule has 1 heterocycles. The summed E-state index contributed by atoms with van der Waals surface area (Å²) in [5, 5.41) is 3.76. The van der Waals surface area contributed by atoms with Crippen LogP contribution in [0.2, 0.25) is 0 Å². The van der Waals surface area contributed by atoms with E-state index in [9.17, 15) is 0 Å². The highest BCUT2D eigenvalue weighted by Gasteiger charge is 2.37. The van der Waals surface area contributed by atoms with Crippen molar-refractivity contribution in [1.29, 1.82) is 0 Å². The summed E-state index contributed by atoms with van der Waals surface area (Å²) in [6.07, 6.45) is 0. The maximum atomic E-state index is 2.49. The first-order chi connectivity index (χ1) is 27.7. The van der Waals surface area contributed by atoms with E-state index in [2.05, 4.69) is 220 Å². The lowest BCUT2D eigenvalue weighted by Crippen LogP contribution is -2.18. The van der Waals surface area contributed by atoms with Crippen molar-refractivity contribution in [2.24, 2.45) is 7.05 Å². The molecule has 0 spiro atoms. The molecule has 8 aromatic carbocycles. The fourth-order valence-electron chi connectivity index (χ4n) is 10.3. The van der Waals surface area contributed by atoms with Crippen molar-refractivity contribution in [3.8, 4) is 44.6 Å². The Morgan fingerprint density at radius 1 is 0.421 bits per heavy atom.